The van der Waals surface area contributed by atoms with E-state index in [9.17, 15) is 0 Å². The van der Waals surface area contributed by atoms with E-state index in [2.05, 4.69) is 193 Å². The zero-order chi connectivity index (χ0) is 43.8. The Morgan fingerprint density at radius 1 is 0.400 bits per heavy atom. The van der Waals surface area contributed by atoms with Crippen molar-refractivity contribution in [1.29, 1.82) is 0 Å². The maximum Gasteiger partial charge on any atom is 0.148 e. The molecule has 1 heterocycles. The Kier molecular flexibility index (Phi) is 9.08. The maximum absolute atomic E-state index is 17.3. The highest BCUT2D eigenvalue weighted by atomic mass is 28.3. The van der Waals surface area contributed by atoms with Gasteiger partial charge in [-0.05, 0) is 121 Å². The molecule has 310 valence electrons. The lowest BCUT2D eigenvalue weighted by Crippen LogP contribution is -2.37. The number of hydrogen-bond acceptors (Lipinski definition) is 1. The minimum atomic E-state index is -1.60. The highest BCUT2D eigenvalue weighted by Gasteiger charge is 2.25. The summed E-state index contributed by atoms with van der Waals surface area (Å²) in [6, 6.07) is 77.2. The first-order valence-electron chi connectivity index (χ1n) is 22.4. The highest BCUT2D eigenvalue weighted by Crippen LogP contribution is 2.47. The monoisotopic (exact) mass is 852 g/mol. The van der Waals surface area contributed by atoms with Crippen LogP contribution in [0.25, 0.3) is 93.2 Å². The van der Waals surface area contributed by atoms with Crippen LogP contribution in [-0.2, 0) is 0 Å². The third-order valence-electron chi connectivity index (χ3n) is 13.3. The molecule has 65 heavy (non-hydrogen) atoms. The van der Waals surface area contributed by atoms with E-state index in [-0.39, 0.29) is 5.82 Å². The molecule has 0 atom stereocenters. The molecule has 0 aliphatic heterocycles. The molecule has 4 heteroatoms. The van der Waals surface area contributed by atoms with Crippen LogP contribution in [0.4, 0.5) is 21.5 Å². The number of halogens is 1. The largest absolute Gasteiger partial charge is 0.309 e. The third-order valence-corrected chi connectivity index (χ3v) is 15.4. The van der Waals surface area contributed by atoms with Crippen LogP contribution in [0.5, 0.6) is 0 Å². The molecule has 0 aliphatic rings. The lowest BCUT2D eigenvalue weighted by molar-refractivity contribution is 0.630. The van der Waals surface area contributed by atoms with E-state index in [1.165, 1.54) is 53.8 Å². The van der Waals surface area contributed by atoms with Gasteiger partial charge in [-0.1, -0.05) is 183 Å². The molecule has 0 spiro atoms. The smallest absolute Gasteiger partial charge is 0.148 e. The number of hydrogen-bond donors (Lipinski definition) is 0. The van der Waals surface area contributed by atoms with Gasteiger partial charge < -0.3 is 9.47 Å². The maximum atomic E-state index is 17.3. The Bertz CT molecular complexity index is 3710. The molecule has 0 fully saturated rings. The summed E-state index contributed by atoms with van der Waals surface area (Å²) in [5.74, 6) is -0.284. The second kappa shape index (κ2) is 15.2. The molecule has 12 aromatic rings. The van der Waals surface area contributed by atoms with E-state index in [4.69, 9.17) is 0 Å². The van der Waals surface area contributed by atoms with E-state index in [1.54, 1.807) is 6.07 Å². The van der Waals surface area contributed by atoms with Gasteiger partial charge in [0.15, 0.2) is 0 Å². The topological polar surface area (TPSA) is 8.17 Å². The first kappa shape index (κ1) is 38.8. The van der Waals surface area contributed by atoms with Gasteiger partial charge in [-0.2, -0.15) is 0 Å². The van der Waals surface area contributed by atoms with Crippen LogP contribution >= 0.6 is 0 Å². The number of para-hydroxylation sites is 1. The predicted octanol–water partition coefficient (Wildman–Crippen LogP) is 16.8. The number of nitrogens with zero attached hydrogens (tertiary/aromatic N) is 2. The molecular weight excluding hydrogens is 808 g/mol. The molecule has 0 N–H and O–H groups in total. The third kappa shape index (κ3) is 6.52. The Morgan fingerprint density at radius 2 is 0.969 bits per heavy atom. The van der Waals surface area contributed by atoms with Crippen LogP contribution in [0, 0.1) is 5.82 Å². The fourth-order valence-electron chi connectivity index (χ4n) is 10.1. The quantitative estimate of drug-likeness (QED) is 0.109. The van der Waals surface area contributed by atoms with Crippen molar-refractivity contribution >= 4 is 84.4 Å². The van der Waals surface area contributed by atoms with Gasteiger partial charge in [-0.15, -0.1) is 0 Å². The normalized spacial score (nSPS) is 12.0. The van der Waals surface area contributed by atoms with Crippen LogP contribution in [0.2, 0.25) is 19.6 Å². The van der Waals surface area contributed by atoms with E-state index >= 15 is 4.39 Å². The van der Waals surface area contributed by atoms with E-state index < -0.39 is 8.07 Å². The predicted molar refractivity (Wildman–Crippen MR) is 278 cm³/mol. The van der Waals surface area contributed by atoms with E-state index in [1.807, 2.05) is 48.5 Å². The fraction of sp³-hybridized carbons (Fsp3) is 0.0492. The minimum absolute atomic E-state index is 0.284. The molecular formula is C61H45FN2Si. The van der Waals surface area contributed by atoms with Crippen molar-refractivity contribution in [2.24, 2.45) is 0 Å². The summed E-state index contributed by atoms with van der Waals surface area (Å²) in [6.45, 7) is 7.07. The Hall–Kier alpha value is -7.79. The zero-order valence-electron chi connectivity index (χ0n) is 36.6. The molecule has 11 aromatic carbocycles. The fourth-order valence-corrected chi connectivity index (χ4v) is 11.3. The van der Waals surface area contributed by atoms with Gasteiger partial charge in [0.25, 0.3) is 0 Å². The molecule has 0 saturated heterocycles. The van der Waals surface area contributed by atoms with Crippen molar-refractivity contribution in [2.45, 2.75) is 19.6 Å². The summed E-state index contributed by atoms with van der Waals surface area (Å²) < 4.78 is 19.7. The highest BCUT2D eigenvalue weighted by molar-refractivity contribution is 6.88. The molecule has 12 rings (SSSR count). The Labute approximate surface area is 379 Å². The van der Waals surface area contributed by atoms with Crippen molar-refractivity contribution in [2.75, 3.05) is 4.90 Å². The van der Waals surface area contributed by atoms with Gasteiger partial charge in [0.05, 0.1) is 24.8 Å². The number of fused-ring (bicyclic) bond motifs is 4. The average molecular weight is 853 g/mol. The van der Waals surface area contributed by atoms with Crippen LogP contribution < -0.4 is 10.1 Å². The molecule has 0 saturated carbocycles. The molecule has 0 radical (unpaired) electrons. The summed E-state index contributed by atoms with van der Waals surface area (Å²) in [5.41, 5.74) is 11.5. The summed E-state index contributed by atoms with van der Waals surface area (Å²) >= 11 is 0. The second-order valence-corrected chi connectivity index (χ2v) is 23.4. The van der Waals surface area contributed by atoms with Crippen molar-refractivity contribution < 1.29 is 4.39 Å². The van der Waals surface area contributed by atoms with Crippen molar-refractivity contribution in [1.82, 2.24) is 4.57 Å². The van der Waals surface area contributed by atoms with Gasteiger partial charge in [0, 0.05) is 33.4 Å². The number of rotatable bonds is 8. The van der Waals surface area contributed by atoms with Gasteiger partial charge in [-0.3, -0.25) is 0 Å². The summed E-state index contributed by atoms with van der Waals surface area (Å²) in [7, 11) is -1.60. The minimum Gasteiger partial charge on any atom is -0.309 e. The summed E-state index contributed by atoms with van der Waals surface area (Å²) in [6.07, 6.45) is 0. The zero-order valence-corrected chi connectivity index (χ0v) is 37.6. The number of aromatic nitrogens is 1. The van der Waals surface area contributed by atoms with Gasteiger partial charge in [-0.25, -0.2) is 4.39 Å². The molecule has 2 nitrogen and oxygen atoms in total. The van der Waals surface area contributed by atoms with Gasteiger partial charge in [0.2, 0.25) is 0 Å². The SMILES string of the molecule is C[Si](C)(C)c1ccc(N(c2ccc(-c3ccc4c5c6ccc7cccc8ccc(cc5n(-c5ccccc5)c4c3)c6c87)cc2)c2c(F)cc(-c3ccccc3)cc2-c2ccccc2)cc1. The standard InChI is InChI=1S/C61H45FN2Si/c1-65(2,3)51-32-30-50(31-33-51)63(61-54(42-16-9-5-10-17-42)36-47(37-55(61)62)40-14-7-4-8-15-40)49-28-24-41(25-29-49)45-27-34-52-56(38-45)64(48-20-11-6-12-21-48)57-39-46-23-22-43-18-13-19-44-26-35-53(60(52)57)59(46)58(43)44/h4-39H,1-3H3. The first-order valence-corrected chi connectivity index (χ1v) is 25.9. The average Bonchev–Trinajstić information content (AvgIpc) is 3.68. The first-order chi connectivity index (χ1) is 31.8. The van der Waals surface area contributed by atoms with E-state index in [0.29, 0.717) is 5.69 Å². The number of benzene rings is 11. The summed E-state index contributed by atoms with van der Waals surface area (Å²) in [5, 5.41) is 11.5. The molecule has 0 unspecified atom stereocenters. The molecule has 0 amide bonds. The second-order valence-electron chi connectivity index (χ2n) is 18.3. The van der Waals surface area contributed by atoms with Crippen molar-refractivity contribution in [3.8, 4) is 39.1 Å². The summed E-state index contributed by atoms with van der Waals surface area (Å²) in [4.78, 5) is 2.10. The lowest BCUT2D eigenvalue weighted by Gasteiger charge is -2.29. The van der Waals surface area contributed by atoms with E-state index in [0.717, 1.165) is 56.0 Å². The molecule has 1 aromatic heterocycles. The van der Waals surface area contributed by atoms with Crippen molar-refractivity contribution in [3.05, 3.63) is 224 Å². The molecule has 0 aliphatic carbocycles. The van der Waals surface area contributed by atoms with Crippen LogP contribution in [0.15, 0.2) is 218 Å². The van der Waals surface area contributed by atoms with Crippen molar-refractivity contribution in [3.63, 3.8) is 0 Å². The Balaban J connectivity index is 1.04. The van der Waals surface area contributed by atoms with Gasteiger partial charge in [0.1, 0.15) is 5.82 Å². The lowest BCUT2D eigenvalue weighted by atomic mass is 9.92. The Morgan fingerprint density at radius 3 is 1.65 bits per heavy atom. The van der Waals surface area contributed by atoms with Crippen LogP contribution in [0.1, 0.15) is 0 Å². The van der Waals surface area contributed by atoms with Crippen LogP contribution in [0.3, 0.4) is 0 Å². The van der Waals surface area contributed by atoms with Gasteiger partial charge >= 0.3 is 0 Å². The number of anilines is 3. The van der Waals surface area contributed by atoms with Crippen LogP contribution in [-0.4, -0.2) is 12.6 Å². The molecule has 0 bridgehead atoms.